The number of nitrogens with zero attached hydrogens (tertiary/aromatic N) is 2. The molecule has 0 heterocycles. The molecule has 0 bridgehead atoms. The number of hydrogen-bond acceptors (Lipinski definition) is 7. The topological polar surface area (TPSA) is 113 Å². The van der Waals surface area contributed by atoms with E-state index in [-0.39, 0.29) is 4.90 Å². The van der Waals surface area contributed by atoms with E-state index in [4.69, 9.17) is 16.4 Å². The van der Waals surface area contributed by atoms with Crippen LogP contribution in [0.4, 0.5) is 0 Å². The third kappa shape index (κ3) is 15.1. The molecule has 0 aliphatic carbocycles. The molecule has 0 unspecified atom stereocenters. The van der Waals surface area contributed by atoms with Crippen molar-refractivity contribution in [3.8, 4) is 0 Å². The van der Waals surface area contributed by atoms with Gasteiger partial charge in [-0.2, -0.15) is 0 Å². The van der Waals surface area contributed by atoms with E-state index in [1.807, 2.05) is 46.9 Å². The maximum atomic E-state index is 11.8. The monoisotopic (exact) mass is 520 g/mol. The largest absolute Gasteiger partial charge is 0.329 e. The Kier molecular flexibility index (Phi) is 14.7. The Morgan fingerprint density at radius 3 is 1.45 bits per heavy atom. The van der Waals surface area contributed by atoms with Gasteiger partial charge in [0.25, 0.3) is 9.05 Å². The first-order valence-corrected chi connectivity index (χ1v) is 14.1. The van der Waals surface area contributed by atoms with Gasteiger partial charge in [-0.25, -0.2) is 21.6 Å². The third-order valence-corrected chi connectivity index (χ3v) is 6.91. The highest BCUT2D eigenvalue weighted by Gasteiger charge is 2.12. The minimum Gasteiger partial charge on any atom is -0.329 e. The van der Waals surface area contributed by atoms with Crippen LogP contribution in [0, 0.1) is 13.8 Å². The number of hydrogen-bond donors (Lipinski definition) is 2. The highest BCUT2D eigenvalue weighted by atomic mass is 35.7. The van der Waals surface area contributed by atoms with Crippen molar-refractivity contribution < 1.29 is 16.8 Å². The summed E-state index contributed by atoms with van der Waals surface area (Å²) in [6.45, 7) is 6.65. The number of aryl methyl sites for hydroxylation is 2. The Balaban J connectivity index is 0.000000520. The van der Waals surface area contributed by atoms with Crippen molar-refractivity contribution in [3.05, 3.63) is 59.7 Å². The van der Waals surface area contributed by atoms with Crippen LogP contribution >= 0.6 is 10.7 Å². The highest BCUT2D eigenvalue weighted by Crippen LogP contribution is 2.14. The highest BCUT2D eigenvalue weighted by molar-refractivity contribution is 8.13. The van der Waals surface area contributed by atoms with Crippen LogP contribution in [0.5, 0.6) is 0 Å². The van der Waals surface area contributed by atoms with Gasteiger partial charge in [-0.3, -0.25) is 0 Å². The van der Waals surface area contributed by atoms with Crippen LogP contribution in [-0.2, 0) is 19.1 Å². The zero-order valence-corrected chi connectivity index (χ0v) is 22.6. The van der Waals surface area contributed by atoms with E-state index in [9.17, 15) is 16.8 Å². The van der Waals surface area contributed by atoms with Gasteiger partial charge < -0.3 is 15.5 Å². The van der Waals surface area contributed by atoms with Gasteiger partial charge in [0.2, 0.25) is 10.0 Å². The van der Waals surface area contributed by atoms with Crippen LogP contribution in [0.2, 0.25) is 0 Å². The predicted molar refractivity (Wildman–Crippen MR) is 137 cm³/mol. The molecule has 8 nitrogen and oxygen atoms in total. The molecule has 0 atom stereocenters. The molecule has 0 aromatic heterocycles. The lowest BCUT2D eigenvalue weighted by molar-refractivity contribution is 0.412. The second kappa shape index (κ2) is 15.4. The molecule has 0 saturated heterocycles. The number of rotatable bonds is 8. The summed E-state index contributed by atoms with van der Waals surface area (Å²) in [5, 5.41) is 0. The number of nitrogens with two attached hydrogens (primary N) is 1. The molecule has 0 amide bonds. The van der Waals surface area contributed by atoms with Gasteiger partial charge in [0.05, 0.1) is 9.79 Å². The standard InChI is InChI=1S/C11H18N2O2S.C7H7ClO2S.C4H12N2/c1-10-4-6-11(7-5-10)16(14,15)12-8-9-13(2)3;1-6-2-4-7(5-3-6)11(8,9)10;1-6(2)4-3-5/h4-7,12H,8-9H2,1-3H3;2-5H,1H3;3-5H2,1-2H3. The first kappa shape index (κ1) is 31.5. The number of halogens is 1. The second-order valence-corrected chi connectivity index (χ2v) is 12.2. The molecule has 0 aliphatic rings. The lowest BCUT2D eigenvalue weighted by Crippen LogP contribution is -2.31. The van der Waals surface area contributed by atoms with E-state index in [0.29, 0.717) is 18.0 Å². The van der Waals surface area contributed by atoms with E-state index in [0.717, 1.165) is 24.2 Å². The second-order valence-electron chi connectivity index (χ2n) is 7.86. The average Bonchev–Trinajstić information content (AvgIpc) is 2.68. The molecule has 2 aromatic carbocycles. The smallest absolute Gasteiger partial charge is 0.261 e. The van der Waals surface area contributed by atoms with Gasteiger partial charge in [0, 0.05) is 36.9 Å². The van der Waals surface area contributed by atoms with E-state index in [1.54, 1.807) is 36.4 Å². The fraction of sp³-hybridized carbons (Fsp3) is 0.455. The Bertz CT molecular complexity index is 1010. The van der Waals surface area contributed by atoms with Crippen LogP contribution in [0.1, 0.15) is 11.1 Å². The molecule has 3 N–H and O–H groups in total. The molecule has 2 aromatic rings. The van der Waals surface area contributed by atoms with Crippen molar-refractivity contribution in [3.63, 3.8) is 0 Å². The van der Waals surface area contributed by atoms with E-state index < -0.39 is 19.1 Å². The molecular formula is C22H37ClN4O4S2. The molecular weight excluding hydrogens is 484 g/mol. The van der Waals surface area contributed by atoms with Gasteiger partial charge in [-0.15, -0.1) is 0 Å². The fourth-order valence-corrected chi connectivity index (χ4v) is 3.95. The molecule has 0 fully saturated rings. The van der Waals surface area contributed by atoms with Gasteiger partial charge in [-0.05, 0) is 66.3 Å². The average molecular weight is 521 g/mol. The van der Waals surface area contributed by atoms with Crippen LogP contribution in [0.15, 0.2) is 58.3 Å². The van der Waals surface area contributed by atoms with E-state index in [1.165, 1.54) is 12.1 Å². The van der Waals surface area contributed by atoms with Crippen LogP contribution in [-0.4, -0.2) is 81.0 Å². The quantitative estimate of drug-likeness (QED) is 0.513. The minimum absolute atomic E-state index is 0.143. The number of sulfonamides is 1. The molecule has 0 radical (unpaired) electrons. The van der Waals surface area contributed by atoms with Crippen molar-refractivity contribution >= 4 is 29.8 Å². The molecule has 188 valence electrons. The van der Waals surface area contributed by atoms with Crippen molar-refractivity contribution in [2.45, 2.75) is 23.6 Å². The molecule has 33 heavy (non-hydrogen) atoms. The summed E-state index contributed by atoms with van der Waals surface area (Å²) in [5.74, 6) is 0. The fourth-order valence-electron chi connectivity index (χ4n) is 2.16. The summed E-state index contributed by atoms with van der Waals surface area (Å²) in [5.41, 5.74) is 7.24. The number of likely N-dealkylation sites (N-methyl/N-ethyl adjacent to an activating group) is 2. The number of benzene rings is 2. The van der Waals surface area contributed by atoms with Crippen LogP contribution in [0.25, 0.3) is 0 Å². The van der Waals surface area contributed by atoms with Crippen molar-refractivity contribution in [2.75, 3.05) is 54.4 Å². The minimum atomic E-state index is -3.55. The zero-order chi connectivity index (χ0) is 25.7. The zero-order valence-electron chi connectivity index (χ0n) is 20.2. The van der Waals surface area contributed by atoms with Crippen molar-refractivity contribution in [2.24, 2.45) is 5.73 Å². The molecule has 0 aliphatic heterocycles. The Hall–Kier alpha value is -1.53. The number of nitrogens with one attached hydrogen (secondary N) is 1. The summed E-state index contributed by atoms with van der Waals surface area (Å²) in [6, 6.07) is 13.2. The Morgan fingerprint density at radius 2 is 1.15 bits per heavy atom. The maximum absolute atomic E-state index is 11.8. The van der Waals surface area contributed by atoms with Crippen molar-refractivity contribution in [1.82, 2.24) is 14.5 Å². The third-order valence-electron chi connectivity index (χ3n) is 4.06. The first-order valence-electron chi connectivity index (χ1n) is 10.3. The normalized spacial score (nSPS) is 11.5. The van der Waals surface area contributed by atoms with E-state index in [2.05, 4.69) is 9.62 Å². The summed E-state index contributed by atoms with van der Waals surface area (Å²) in [7, 11) is 6.01. The molecule has 0 spiro atoms. The van der Waals surface area contributed by atoms with Gasteiger partial charge >= 0.3 is 0 Å². The molecule has 0 saturated carbocycles. The summed E-state index contributed by atoms with van der Waals surface area (Å²) >= 11 is 0. The lowest BCUT2D eigenvalue weighted by atomic mass is 10.2. The lowest BCUT2D eigenvalue weighted by Gasteiger charge is -2.11. The van der Waals surface area contributed by atoms with E-state index >= 15 is 0 Å². The SMILES string of the molecule is CN(C)CCN.Cc1ccc(S(=O)(=O)Cl)cc1.Cc1ccc(S(=O)(=O)NCCN(C)C)cc1. The summed E-state index contributed by atoms with van der Waals surface area (Å²) in [4.78, 5) is 4.44. The summed E-state index contributed by atoms with van der Waals surface area (Å²) in [6.07, 6.45) is 0. The Morgan fingerprint density at radius 1 is 0.758 bits per heavy atom. The van der Waals surface area contributed by atoms with Crippen LogP contribution < -0.4 is 10.5 Å². The van der Waals surface area contributed by atoms with Gasteiger partial charge in [0.15, 0.2) is 0 Å². The first-order chi connectivity index (χ1) is 15.2. The Labute approximate surface area is 204 Å². The van der Waals surface area contributed by atoms with Crippen LogP contribution in [0.3, 0.4) is 0 Å². The van der Waals surface area contributed by atoms with Crippen molar-refractivity contribution in [1.29, 1.82) is 0 Å². The predicted octanol–water partition coefficient (Wildman–Crippen LogP) is 2.26. The van der Waals surface area contributed by atoms with Gasteiger partial charge in [0.1, 0.15) is 0 Å². The molecule has 2 rings (SSSR count). The van der Waals surface area contributed by atoms with Gasteiger partial charge in [-0.1, -0.05) is 35.4 Å². The molecule has 11 heteroatoms. The maximum Gasteiger partial charge on any atom is 0.261 e. The summed E-state index contributed by atoms with van der Waals surface area (Å²) < 4.78 is 47.6.